The summed E-state index contributed by atoms with van der Waals surface area (Å²) in [5, 5.41) is 18.4. The van der Waals surface area contributed by atoms with Gasteiger partial charge < -0.3 is 14.0 Å². The largest absolute Gasteiger partial charge is 0.465 e. The molecule has 0 radical (unpaired) electrons. The van der Waals surface area contributed by atoms with Gasteiger partial charge in [0.05, 0.1) is 28.7 Å². The smallest absolute Gasteiger partial charge is 0.338 e. The van der Waals surface area contributed by atoms with Gasteiger partial charge in [0.2, 0.25) is 5.82 Å². The van der Waals surface area contributed by atoms with Crippen LogP contribution < -0.4 is 0 Å². The number of ether oxygens (including phenoxy) is 2. The number of nitro groups is 1. The van der Waals surface area contributed by atoms with Crippen molar-refractivity contribution in [1.82, 2.24) is 10.1 Å². The summed E-state index contributed by atoms with van der Waals surface area (Å²) in [6.45, 7) is -0.303. The van der Waals surface area contributed by atoms with E-state index in [9.17, 15) is 19.7 Å². The number of non-ortho nitro benzene ring substituents is 1. The molecule has 0 N–H and O–H groups in total. The van der Waals surface area contributed by atoms with Crippen LogP contribution in [0, 0.1) is 10.1 Å². The summed E-state index contributed by atoms with van der Waals surface area (Å²) in [5.41, 5.74) is -0.0141. The van der Waals surface area contributed by atoms with Gasteiger partial charge in [-0.05, 0) is 17.5 Å². The SMILES string of the molecule is COC(=O)c1cc(C(=O)OCc2noc(-c3ccsc3)n2)cc([N+](=O)[O-])c1. The molecule has 0 aliphatic heterocycles. The molecular weight excluding hydrogens is 378 g/mol. The van der Waals surface area contributed by atoms with Crippen LogP contribution in [0.3, 0.4) is 0 Å². The minimum absolute atomic E-state index is 0.128. The number of aromatic nitrogens is 2. The fourth-order valence-corrected chi connectivity index (χ4v) is 2.73. The lowest BCUT2D eigenvalue weighted by molar-refractivity contribution is -0.384. The van der Waals surface area contributed by atoms with Gasteiger partial charge in [-0.25, -0.2) is 9.59 Å². The summed E-state index contributed by atoms with van der Waals surface area (Å²) in [5.74, 6) is -1.29. The molecule has 0 fully saturated rings. The van der Waals surface area contributed by atoms with E-state index in [2.05, 4.69) is 14.9 Å². The second-order valence-electron chi connectivity index (χ2n) is 5.12. The average Bonchev–Trinajstić information content (AvgIpc) is 3.36. The molecule has 2 heterocycles. The topological polar surface area (TPSA) is 135 Å². The lowest BCUT2D eigenvalue weighted by Gasteiger charge is -2.05. The van der Waals surface area contributed by atoms with Crippen LogP contribution in [0.1, 0.15) is 26.5 Å². The predicted octanol–water partition coefficient (Wildman–Crippen LogP) is 2.85. The van der Waals surface area contributed by atoms with Crippen molar-refractivity contribution in [1.29, 1.82) is 0 Å². The predicted molar refractivity (Wildman–Crippen MR) is 91.2 cm³/mol. The highest BCUT2D eigenvalue weighted by atomic mass is 32.1. The zero-order valence-corrected chi connectivity index (χ0v) is 14.6. The maximum absolute atomic E-state index is 12.2. The van der Waals surface area contributed by atoms with Crippen molar-refractivity contribution in [3.8, 4) is 11.5 Å². The molecule has 0 amide bonds. The number of thiophene rings is 1. The van der Waals surface area contributed by atoms with Gasteiger partial charge in [-0.1, -0.05) is 5.16 Å². The van der Waals surface area contributed by atoms with Gasteiger partial charge >= 0.3 is 11.9 Å². The molecule has 3 aromatic rings. The van der Waals surface area contributed by atoms with Crippen LogP contribution in [-0.2, 0) is 16.1 Å². The van der Waals surface area contributed by atoms with Crippen LogP contribution in [0.5, 0.6) is 0 Å². The van der Waals surface area contributed by atoms with Crippen molar-refractivity contribution >= 4 is 29.0 Å². The van der Waals surface area contributed by atoms with Crippen LogP contribution in [0.25, 0.3) is 11.5 Å². The Labute approximate surface area is 155 Å². The normalized spacial score (nSPS) is 10.4. The highest BCUT2D eigenvalue weighted by Gasteiger charge is 2.20. The molecule has 27 heavy (non-hydrogen) atoms. The second kappa shape index (κ2) is 7.74. The van der Waals surface area contributed by atoms with Gasteiger partial charge in [-0.3, -0.25) is 10.1 Å². The third-order valence-electron chi connectivity index (χ3n) is 3.35. The Kier molecular flexibility index (Phi) is 5.22. The lowest BCUT2D eigenvalue weighted by atomic mass is 10.1. The Bertz CT molecular complexity index is 997. The lowest BCUT2D eigenvalue weighted by Crippen LogP contribution is -2.10. The van der Waals surface area contributed by atoms with E-state index >= 15 is 0 Å². The van der Waals surface area contributed by atoms with E-state index in [1.807, 2.05) is 10.8 Å². The molecule has 3 rings (SSSR count). The summed E-state index contributed by atoms with van der Waals surface area (Å²) in [6.07, 6.45) is 0. The summed E-state index contributed by atoms with van der Waals surface area (Å²) in [6, 6.07) is 4.95. The molecule has 0 spiro atoms. The van der Waals surface area contributed by atoms with Gasteiger partial charge in [-0.15, -0.1) is 0 Å². The zero-order valence-electron chi connectivity index (χ0n) is 13.8. The number of carbonyl (C=O) groups is 2. The summed E-state index contributed by atoms with van der Waals surface area (Å²) in [4.78, 5) is 38.2. The Morgan fingerprint density at radius 2 is 2.00 bits per heavy atom. The van der Waals surface area contributed by atoms with Gasteiger partial charge in [0.25, 0.3) is 11.6 Å². The summed E-state index contributed by atoms with van der Waals surface area (Å²) >= 11 is 1.46. The second-order valence-corrected chi connectivity index (χ2v) is 5.90. The van der Waals surface area contributed by atoms with Crippen molar-refractivity contribution in [3.05, 3.63) is 62.1 Å². The molecule has 0 atom stereocenters. The van der Waals surface area contributed by atoms with Gasteiger partial charge in [0, 0.05) is 17.5 Å². The fraction of sp³-hybridized carbons (Fsp3) is 0.125. The quantitative estimate of drug-likeness (QED) is 0.354. The average molecular weight is 389 g/mol. The van der Waals surface area contributed by atoms with E-state index in [4.69, 9.17) is 9.26 Å². The van der Waals surface area contributed by atoms with Gasteiger partial charge in [0.15, 0.2) is 6.61 Å². The zero-order chi connectivity index (χ0) is 19.4. The first kappa shape index (κ1) is 18.2. The maximum Gasteiger partial charge on any atom is 0.338 e. The molecule has 0 aliphatic rings. The Morgan fingerprint density at radius 3 is 2.63 bits per heavy atom. The first-order valence-electron chi connectivity index (χ1n) is 7.38. The molecular formula is C16H11N3O7S. The van der Waals surface area contributed by atoms with E-state index in [1.54, 1.807) is 6.07 Å². The molecule has 11 heteroatoms. The minimum atomic E-state index is -0.884. The van der Waals surface area contributed by atoms with Gasteiger partial charge in [0.1, 0.15) is 0 Å². The molecule has 0 aliphatic carbocycles. The van der Waals surface area contributed by atoms with Crippen molar-refractivity contribution in [2.45, 2.75) is 6.61 Å². The van der Waals surface area contributed by atoms with Crippen LogP contribution in [-0.4, -0.2) is 34.1 Å². The Hall–Kier alpha value is -3.60. The van der Waals surface area contributed by atoms with Crippen molar-refractivity contribution in [2.75, 3.05) is 7.11 Å². The number of benzene rings is 1. The number of carbonyl (C=O) groups excluding carboxylic acids is 2. The highest BCUT2D eigenvalue weighted by molar-refractivity contribution is 7.08. The summed E-state index contributed by atoms with van der Waals surface area (Å²) < 4.78 is 14.6. The Balaban J connectivity index is 1.75. The maximum atomic E-state index is 12.2. The Morgan fingerprint density at radius 1 is 1.26 bits per heavy atom. The number of nitro benzene ring substituents is 1. The van der Waals surface area contributed by atoms with Crippen molar-refractivity contribution < 1.29 is 28.5 Å². The summed E-state index contributed by atoms with van der Waals surface area (Å²) in [7, 11) is 1.13. The van der Waals surface area contributed by atoms with E-state index in [0.717, 1.165) is 30.9 Å². The number of methoxy groups -OCH3 is 1. The molecule has 0 saturated heterocycles. The van der Waals surface area contributed by atoms with E-state index < -0.39 is 22.5 Å². The number of esters is 2. The van der Waals surface area contributed by atoms with Crippen LogP contribution in [0.2, 0.25) is 0 Å². The van der Waals surface area contributed by atoms with Gasteiger partial charge in [-0.2, -0.15) is 16.3 Å². The molecule has 1 aromatic carbocycles. The number of hydrogen-bond donors (Lipinski definition) is 0. The first-order chi connectivity index (χ1) is 13.0. The van der Waals surface area contributed by atoms with Crippen molar-refractivity contribution in [3.63, 3.8) is 0 Å². The van der Waals surface area contributed by atoms with E-state index in [-0.39, 0.29) is 29.4 Å². The molecule has 2 aromatic heterocycles. The van der Waals surface area contributed by atoms with E-state index in [0.29, 0.717) is 0 Å². The third kappa shape index (κ3) is 4.15. The molecule has 138 valence electrons. The molecule has 0 unspecified atom stereocenters. The number of nitrogens with zero attached hydrogens (tertiary/aromatic N) is 3. The molecule has 0 bridgehead atoms. The third-order valence-corrected chi connectivity index (χ3v) is 4.04. The van der Waals surface area contributed by atoms with E-state index in [1.165, 1.54) is 11.3 Å². The monoisotopic (exact) mass is 389 g/mol. The highest BCUT2D eigenvalue weighted by Crippen LogP contribution is 2.21. The standard InChI is InChI=1S/C16H11N3O7S/c1-24-15(20)10-4-11(6-12(5-10)19(22)23)16(21)25-7-13-17-14(26-18-13)9-2-3-27-8-9/h2-6,8H,7H2,1H3. The minimum Gasteiger partial charge on any atom is -0.465 e. The van der Waals surface area contributed by atoms with Crippen LogP contribution in [0.15, 0.2) is 39.5 Å². The number of hydrogen-bond acceptors (Lipinski definition) is 10. The van der Waals surface area contributed by atoms with Crippen LogP contribution in [0.4, 0.5) is 5.69 Å². The molecule has 10 nitrogen and oxygen atoms in total. The molecule has 0 saturated carbocycles. The van der Waals surface area contributed by atoms with Crippen LogP contribution >= 0.6 is 11.3 Å². The van der Waals surface area contributed by atoms with Crippen molar-refractivity contribution in [2.24, 2.45) is 0 Å². The fourth-order valence-electron chi connectivity index (χ4n) is 2.10. The number of rotatable bonds is 6. The first-order valence-corrected chi connectivity index (χ1v) is 8.32.